The fraction of sp³-hybridized carbons (Fsp3) is 0.111. The second-order valence-electron chi connectivity index (χ2n) is 5.92. The number of furan rings is 2. The zero-order valence-corrected chi connectivity index (χ0v) is 13.2. The van der Waals surface area contributed by atoms with Gasteiger partial charge in [0.15, 0.2) is 5.76 Å². The van der Waals surface area contributed by atoms with Crippen LogP contribution in [0.5, 0.6) is 0 Å². The summed E-state index contributed by atoms with van der Waals surface area (Å²) in [4.78, 5) is 4.39. The second-order valence-corrected chi connectivity index (χ2v) is 5.92. The molecule has 5 aromatic rings. The Balaban J connectivity index is 1.78. The van der Waals surface area contributed by atoms with E-state index in [4.69, 9.17) is 8.83 Å². The summed E-state index contributed by atoms with van der Waals surface area (Å²) in [5.74, 6) is 0.765. The van der Waals surface area contributed by atoms with Crippen LogP contribution in [0.4, 0.5) is 0 Å². The number of aromatic nitrogens is 4. The number of hydrogen-bond donors (Lipinski definition) is 0. The van der Waals surface area contributed by atoms with Crippen LogP contribution in [-0.4, -0.2) is 14.1 Å². The maximum Gasteiger partial charge on any atom is 0.243 e. The van der Waals surface area contributed by atoms with Crippen LogP contribution in [0.1, 0.15) is 0 Å². The quantitative estimate of drug-likeness (QED) is 0.371. The Kier molecular flexibility index (Phi) is 2.53. The summed E-state index contributed by atoms with van der Waals surface area (Å²) in [7, 11) is 3.88. The number of rotatable bonds is 2. The van der Waals surface area contributed by atoms with E-state index in [1.165, 1.54) is 0 Å². The number of hydrogen-bond acceptors (Lipinski definition) is 3. The van der Waals surface area contributed by atoms with Crippen molar-refractivity contribution in [1.82, 2.24) is 14.1 Å². The summed E-state index contributed by atoms with van der Waals surface area (Å²) >= 11 is 0. The molecule has 0 amide bonds. The highest BCUT2D eigenvalue weighted by Gasteiger charge is 2.15. The minimum absolute atomic E-state index is 0.765. The molecule has 0 bridgehead atoms. The van der Waals surface area contributed by atoms with Crippen LogP contribution in [0, 0.1) is 6.33 Å². The molecule has 6 heteroatoms. The van der Waals surface area contributed by atoms with Gasteiger partial charge in [-0.1, -0.05) is 0 Å². The average molecular weight is 318 g/mol. The topological polar surface area (TPSA) is 52.9 Å². The fourth-order valence-corrected chi connectivity index (χ4v) is 3.01. The molecule has 0 aliphatic carbocycles. The van der Waals surface area contributed by atoms with E-state index in [9.17, 15) is 0 Å². The first-order valence-corrected chi connectivity index (χ1v) is 7.56. The lowest BCUT2D eigenvalue weighted by Crippen LogP contribution is -2.24. The predicted molar refractivity (Wildman–Crippen MR) is 87.5 cm³/mol. The average Bonchev–Trinajstić information content (AvgIpc) is 3.31. The van der Waals surface area contributed by atoms with Gasteiger partial charge < -0.3 is 22.5 Å². The van der Waals surface area contributed by atoms with E-state index in [1.807, 2.05) is 52.5 Å². The van der Waals surface area contributed by atoms with Gasteiger partial charge in [-0.25, -0.2) is 4.98 Å². The predicted octanol–water partition coefficient (Wildman–Crippen LogP) is 2.99. The maximum absolute atomic E-state index is 5.77. The number of benzene rings is 1. The first kappa shape index (κ1) is 13.2. The third kappa shape index (κ3) is 1.83. The van der Waals surface area contributed by atoms with E-state index in [-0.39, 0.29) is 0 Å². The number of aryl methyl sites for hydroxylation is 2. The van der Waals surface area contributed by atoms with Crippen molar-refractivity contribution < 1.29 is 13.4 Å². The van der Waals surface area contributed by atoms with Crippen LogP contribution in [0.3, 0.4) is 0 Å². The molecule has 118 valence electrons. The molecular weight excluding hydrogens is 304 g/mol. The Morgan fingerprint density at radius 3 is 2.83 bits per heavy atom. The summed E-state index contributed by atoms with van der Waals surface area (Å²) in [6.07, 6.45) is 14.3. The van der Waals surface area contributed by atoms with Crippen LogP contribution in [0.15, 0.2) is 58.4 Å². The third-order valence-corrected chi connectivity index (χ3v) is 4.18. The van der Waals surface area contributed by atoms with E-state index in [1.54, 1.807) is 18.9 Å². The monoisotopic (exact) mass is 318 g/mol. The second kappa shape index (κ2) is 4.61. The van der Waals surface area contributed by atoms with Gasteiger partial charge in [-0.3, -0.25) is 0 Å². The highest BCUT2D eigenvalue weighted by molar-refractivity contribution is 6.04. The van der Waals surface area contributed by atoms with Gasteiger partial charge >= 0.3 is 0 Å². The molecule has 0 unspecified atom stereocenters. The molecule has 0 spiro atoms. The molecule has 0 saturated carbocycles. The van der Waals surface area contributed by atoms with E-state index < -0.39 is 0 Å². The van der Waals surface area contributed by atoms with Gasteiger partial charge in [-0.2, -0.15) is 0 Å². The molecule has 0 aliphatic heterocycles. The van der Waals surface area contributed by atoms with E-state index >= 15 is 0 Å². The molecule has 6 nitrogen and oxygen atoms in total. The zero-order chi connectivity index (χ0) is 16.3. The van der Waals surface area contributed by atoms with Crippen molar-refractivity contribution >= 4 is 21.7 Å². The Labute approximate surface area is 137 Å². The van der Waals surface area contributed by atoms with Gasteiger partial charge in [0.2, 0.25) is 6.33 Å². The fourth-order valence-electron chi connectivity index (χ4n) is 3.01. The van der Waals surface area contributed by atoms with Gasteiger partial charge in [0.25, 0.3) is 0 Å². The van der Waals surface area contributed by atoms with E-state index in [2.05, 4.69) is 17.4 Å². The third-order valence-electron chi connectivity index (χ3n) is 4.18. The van der Waals surface area contributed by atoms with E-state index in [0.717, 1.165) is 38.9 Å². The molecule has 0 atom stereocenters. The van der Waals surface area contributed by atoms with Crippen LogP contribution in [0.2, 0.25) is 0 Å². The van der Waals surface area contributed by atoms with Crippen molar-refractivity contribution in [1.29, 1.82) is 0 Å². The highest BCUT2D eigenvalue weighted by Crippen LogP contribution is 2.35. The van der Waals surface area contributed by atoms with E-state index in [0.29, 0.717) is 0 Å². The molecule has 4 heterocycles. The molecule has 4 aromatic heterocycles. The van der Waals surface area contributed by atoms with Crippen molar-refractivity contribution in [3.8, 4) is 17.1 Å². The van der Waals surface area contributed by atoms with Crippen LogP contribution >= 0.6 is 0 Å². The molecule has 0 radical (unpaired) electrons. The van der Waals surface area contributed by atoms with Gasteiger partial charge in [0.05, 0.1) is 31.6 Å². The summed E-state index contributed by atoms with van der Waals surface area (Å²) < 4.78 is 17.2. The molecular formula is C18H14N4O2. The molecule has 24 heavy (non-hydrogen) atoms. The largest absolute Gasteiger partial charge is 0.470 e. The molecule has 0 saturated heterocycles. The lowest BCUT2D eigenvalue weighted by Gasteiger charge is -1.99. The Morgan fingerprint density at radius 1 is 1.17 bits per heavy atom. The van der Waals surface area contributed by atoms with Crippen molar-refractivity contribution in [2.75, 3.05) is 0 Å². The number of imidazole rings is 2. The summed E-state index contributed by atoms with van der Waals surface area (Å²) in [5.41, 5.74) is 2.58. The molecule has 0 N–H and O–H groups in total. The smallest absolute Gasteiger partial charge is 0.243 e. The summed E-state index contributed by atoms with van der Waals surface area (Å²) in [6.45, 7) is 0. The summed E-state index contributed by atoms with van der Waals surface area (Å²) in [5, 5.41) is 3.01. The minimum Gasteiger partial charge on any atom is -0.470 e. The van der Waals surface area contributed by atoms with Crippen LogP contribution < -0.4 is 4.57 Å². The lowest BCUT2D eigenvalue weighted by molar-refractivity contribution is -0.674. The van der Waals surface area contributed by atoms with Crippen molar-refractivity contribution in [2.45, 2.75) is 0 Å². The molecule has 1 aromatic carbocycles. The minimum atomic E-state index is 0.765. The van der Waals surface area contributed by atoms with Gasteiger partial charge in [0.1, 0.15) is 11.3 Å². The SMILES string of the molecule is Cn1cnc(-c2occ3cc4occ(-n5[c-][n+](C)cc5)c4cc23)c1. The number of fused-ring (bicyclic) bond motifs is 2. The maximum atomic E-state index is 5.77. The lowest BCUT2D eigenvalue weighted by atomic mass is 10.1. The summed E-state index contributed by atoms with van der Waals surface area (Å²) in [6, 6.07) is 4.08. The first-order valence-electron chi connectivity index (χ1n) is 7.56. The Morgan fingerprint density at radius 2 is 2.08 bits per heavy atom. The van der Waals surface area contributed by atoms with Gasteiger partial charge in [-0.05, 0) is 12.1 Å². The van der Waals surface area contributed by atoms with Crippen molar-refractivity contribution in [2.24, 2.45) is 14.1 Å². The highest BCUT2D eigenvalue weighted by atomic mass is 16.3. The Hall–Kier alpha value is -3.28. The normalized spacial score (nSPS) is 11.8. The Bertz CT molecular complexity index is 1100. The molecule has 0 aliphatic rings. The van der Waals surface area contributed by atoms with Crippen LogP contribution in [-0.2, 0) is 14.1 Å². The standard InChI is InChI=1S/C18H14N4O2/c1-20-3-4-22(11-20)16-9-23-17-5-12-8-24-18(13(12)6-14(16)17)15-7-21(2)10-19-15/h3-10H,1-2H3. The molecule has 5 rings (SSSR count). The first-order chi connectivity index (χ1) is 11.7. The molecule has 0 fully saturated rings. The van der Waals surface area contributed by atoms with Gasteiger partial charge in [-0.15, -0.1) is 0 Å². The zero-order valence-electron chi connectivity index (χ0n) is 13.2. The number of nitrogens with zero attached hydrogens (tertiary/aromatic N) is 4. The van der Waals surface area contributed by atoms with Crippen molar-refractivity contribution in [3.05, 3.63) is 55.9 Å². The van der Waals surface area contributed by atoms with Gasteiger partial charge in [0, 0.05) is 41.8 Å². The van der Waals surface area contributed by atoms with Crippen LogP contribution in [0.25, 0.3) is 38.9 Å². The van der Waals surface area contributed by atoms with Crippen molar-refractivity contribution in [3.63, 3.8) is 0 Å².